The minimum Gasteiger partial charge on any atom is -0.368 e. The van der Waals surface area contributed by atoms with Gasteiger partial charge < -0.3 is 16.0 Å². The normalized spacial score (nSPS) is 19.6. The highest BCUT2D eigenvalue weighted by molar-refractivity contribution is 5.90. The van der Waals surface area contributed by atoms with Gasteiger partial charge in [0.05, 0.1) is 0 Å². The number of hydrogen-bond acceptors (Lipinski definition) is 5. The lowest BCUT2D eigenvalue weighted by molar-refractivity contribution is -0.150. The van der Waals surface area contributed by atoms with Crippen LogP contribution in [0.2, 0.25) is 0 Å². The number of fused-ring (bicyclic) bond motifs is 1. The van der Waals surface area contributed by atoms with Gasteiger partial charge in [-0.15, -0.1) is 0 Å². The van der Waals surface area contributed by atoms with Gasteiger partial charge in [-0.3, -0.25) is 9.59 Å². The molecule has 192 valence electrons. The maximum Gasteiger partial charge on any atom is 0.242 e. The van der Waals surface area contributed by atoms with E-state index in [9.17, 15) is 9.59 Å². The van der Waals surface area contributed by atoms with E-state index in [2.05, 4.69) is 39.6 Å². The smallest absolute Gasteiger partial charge is 0.242 e. The average molecular weight is 498 g/mol. The van der Waals surface area contributed by atoms with Gasteiger partial charge in [-0.25, -0.2) is 9.97 Å². The quantitative estimate of drug-likeness (QED) is 0.494. The van der Waals surface area contributed by atoms with Crippen molar-refractivity contribution in [2.45, 2.75) is 51.0 Å². The second kappa shape index (κ2) is 11.1. The zero-order chi connectivity index (χ0) is 25.8. The maximum absolute atomic E-state index is 13.6. The molecule has 5 rings (SSSR count). The number of nitrogens with two attached hydrogens (primary N) is 1. The third-order valence-electron chi connectivity index (χ3n) is 7.93. The fourth-order valence-electron chi connectivity index (χ4n) is 5.78. The van der Waals surface area contributed by atoms with Crippen LogP contribution in [0.25, 0.3) is 0 Å². The van der Waals surface area contributed by atoms with Crippen molar-refractivity contribution in [3.8, 4) is 0 Å². The summed E-state index contributed by atoms with van der Waals surface area (Å²) in [5.41, 5.74) is 10.1. The molecule has 2 aliphatic rings. The van der Waals surface area contributed by atoms with E-state index >= 15 is 0 Å². The van der Waals surface area contributed by atoms with Crippen LogP contribution in [0.4, 0.5) is 5.95 Å². The number of anilines is 1. The molecule has 3 N–H and O–H groups in total. The maximum atomic E-state index is 13.6. The number of aryl methyl sites for hydroxylation is 1. The Labute approximate surface area is 218 Å². The van der Waals surface area contributed by atoms with Crippen LogP contribution in [-0.2, 0) is 22.4 Å². The molecule has 2 amide bonds. The van der Waals surface area contributed by atoms with Gasteiger partial charge >= 0.3 is 0 Å². The lowest BCUT2D eigenvalue weighted by atomic mass is 9.80. The second-order valence-corrected chi connectivity index (χ2v) is 10.3. The number of likely N-dealkylation sites (tertiary alicyclic amines) is 1. The number of carbonyl (C=O) groups is 2. The Balaban J connectivity index is 1.17. The van der Waals surface area contributed by atoms with Crippen LogP contribution in [0.15, 0.2) is 66.9 Å². The monoisotopic (exact) mass is 497 g/mol. The van der Waals surface area contributed by atoms with Crippen molar-refractivity contribution in [3.05, 3.63) is 89.2 Å². The molecule has 0 bridgehead atoms. The molecule has 2 aromatic carbocycles. The largest absolute Gasteiger partial charge is 0.368 e. The number of nitrogen functional groups attached to an aromatic ring is 1. The van der Waals surface area contributed by atoms with Gasteiger partial charge in [0.1, 0.15) is 6.04 Å². The number of carbonyl (C=O) groups excluding carboxylic acids is 2. The molecule has 2 heterocycles. The van der Waals surface area contributed by atoms with Crippen LogP contribution in [0.5, 0.6) is 0 Å². The van der Waals surface area contributed by atoms with E-state index in [1.54, 1.807) is 4.90 Å². The Kier molecular flexibility index (Phi) is 7.49. The number of hydrogen-bond donors (Lipinski definition) is 2. The molecule has 1 aromatic heterocycles. The summed E-state index contributed by atoms with van der Waals surface area (Å²) in [6.45, 7) is 3.22. The molecule has 0 radical (unpaired) electrons. The average Bonchev–Trinajstić information content (AvgIpc) is 2.89. The summed E-state index contributed by atoms with van der Waals surface area (Å²) in [7, 11) is 0. The Morgan fingerprint density at radius 3 is 2.35 bits per heavy atom. The Hall–Kier alpha value is -3.74. The van der Waals surface area contributed by atoms with Crippen molar-refractivity contribution in [3.63, 3.8) is 0 Å². The fourth-order valence-corrected chi connectivity index (χ4v) is 5.78. The number of nitrogens with one attached hydrogen (secondary N) is 1. The summed E-state index contributed by atoms with van der Waals surface area (Å²) in [6.07, 6.45) is 6.29. The van der Waals surface area contributed by atoms with E-state index in [0.29, 0.717) is 31.4 Å². The van der Waals surface area contributed by atoms with Crippen LogP contribution >= 0.6 is 0 Å². The second-order valence-electron chi connectivity index (χ2n) is 10.3. The van der Waals surface area contributed by atoms with Crippen LogP contribution < -0.4 is 11.1 Å². The Morgan fingerprint density at radius 2 is 1.73 bits per heavy atom. The third-order valence-corrected chi connectivity index (χ3v) is 7.93. The highest BCUT2D eigenvalue weighted by atomic mass is 16.2. The van der Waals surface area contributed by atoms with Gasteiger partial charge in [0, 0.05) is 36.8 Å². The minimum atomic E-state index is -0.384. The van der Waals surface area contributed by atoms with Crippen molar-refractivity contribution in [2.75, 3.05) is 18.8 Å². The predicted molar refractivity (Wildman–Crippen MR) is 144 cm³/mol. The van der Waals surface area contributed by atoms with Gasteiger partial charge in [0.2, 0.25) is 17.8 Å². The van der Waals surface area contributed by atoms with E-state index in [0.717, 1.165) is 48.1 Å². The van der Waals surface area contributed by atoms with E-state index < -0.39 is 0 Å². The van der Waals surface area contributed by atoms with E-state index in [4.69, 9.17) is 5.73 Å². The van der Waals surface area contributed by atoms with Crippen LogP contribution in [0.1, 0.15) is 54.5 Å². The third kappa shape index (κ3) is 5.50. The Morgan fingerprint density at radius 1 is 1.05 bits per heavy atom. The lowest BCUT2D eigenvalue weighted by Crippen LogP contribution is -2.59. The first kappa shape index (κ1) is 24.9. The molecular weight excluding hydrogens is 462 g/mol. The zero-order valence-corrected chi connectivity index (χ0v) is 21.3. The molecule has 1 fully saturated rings. The molecule has 1 aliphatic heterocycles. The van der Waals surface area contributed by atoms with Crippen LogP contribution in [0.3, 0.4) is 0 Å². The molecule has 0 spiro atoms. The number of rotatable bonds is 8. The minimum absolute atomic E-state index is 0.0345. The number of nitrogens with zero attached hydrogens (tertiary/aromatic N) is 3. The summed E-state index contributed by atoms with van der Waals surface area (Å²) in [5, 5.41) is 3.10. The van der Waals surface area contributed by atoms with Gasteiger partial charge in [-0.1, -0.05) is 67.6 Å². The van der Waals surface area contributed by atoms with Gasteiger partial charge in [0.15, 0.2) is 0 Å². The molecule has 7 nitrogen and oxygen atoms in total. The van der Waals surface area contributed by atoms with Crippen molar-refractivity contribution in [1.29, 1.82) is 0 Å². The van der Waals surface area contributed by atoms with Crippen molar-refractivity contribution in [1.82, 2.24) is 20.2 Å². The molecule has 7 heteroatoms. The molecule has 0 saturated carbocycles. The summed E-state index contributed by atoms with van der Waals surface area (Å²) in [6, 6.07) is 19.9. The number of amides is 2. The van der Waals surface area contributed by atoms with Crippen LogP contribution in [0, 0.1) is 11.8 Å². The van der Waals surface area contributed by atoms with E-state index in [-0.39, 0.29) is 29.7 Å². The van der Waals surface area contributed by atoms with Gasteiger partial charge in [-0.05, 0) is 54.7 Å². The molecule has 1 aliphatic carbocycles. The van der Waals surface area contributed by atoms with Gasteiger partial charge in [-0.2, -0.15) is 0 Å². The number of aromatic nitrogens is 2. The molecule has 37 heavy (non-hydrogen) atoms. The highest BCUT2D eigenvalue weighted by Gasteiger charge is 2.41. The first-order chi connectivity index (χ1) is 18.0. The lowest BCUT2D eigenvalue weighted by Gasteiger charge is -2.42. The summed E-state index contributed by atoms with van der Waals surface area (Å²) in [4.78, 5) is 36.9. The van der Waals surface area contributed by atoms with E-state index in [1.165, 1.54) is 0 Å². The first-order valence-corrected chi connectivity index (χ1v) is 13.3. The summed E-state index contributed by atoms with van der Waals surface area (Å²) in [5.74, 6) is 0.461. The molecule has 3 atom stereocenters. The summed E-state index contributed by atoms with van der Waals surface area (Å²) >= 11 is 0. The fraction of sp³-hybridized carbons (Fsp3) is 0.400. The van der Waals surface area contributed by atoms with Crippen molar-refractivity contribution in [2.24, 2.45) is 11.8 Å². The first-order valence-electron chi connectivity index (χ1n) is 13.3. The molecule has 3 unspecified atom stereocenters. The SMILES string of the molecule is CC(C(=O)N1CCC1C(=O)NCCC1CCc2nc(N)ncc2C1)C(c1ccccc1)c1ccccc1. The van der Waals surface area contributed by atoms with Crippen molar-refractivity contribution >= 4 is 17.8 Å². The predicted octanol–water partition coefficient (Wildman–Crippen LogP) is 3.74. The molecule has 1 saturated heterocycles. The zero-order valence-electron chi connectivity index (χ0n) is 21.3. The van der Waals surface area contributed by atoms with Crippen LogP contribution in [-0.4, -0.2) is 45.8 Å². The van der Waals surface area contributed by atoms with Crippen molar-refractivity contribution < 1.29 is 9.59 Å². The standard InChI is InChI=1S/C30H35N5O2/c1-20(27(22-8-4-2-5-9-22)23-10-6-3-7-11-23)29(37)35-17-15-26(35)28(36)32-16-14-21-12-13-25-24(18-21)19-33-30(31)34-25/h2-11,19-21,26-27H,12-18H2,1H3,(H,32,36)(H2,31,33,34). The molecule has 3 aromatic rings. The highest BCUT2D eigenvalue weighted by Crippen LogP contribution is 2.35. The number of benzene rings is 2. The Bertz CT molecular complexity index is 1190. The molecular formula is C30H35N5O2. The van der Waals surface area contributed by atoms with Gasteiger partial charge in [0.25, 0.3) is 0 Å². The summed E-state index contributed by atoms with van der Waals surface area (Å²) < 4.78 is 0. The van der Waals surface area contributed by atoms with E-state index in [1.807, 2.05) is 49.5 Å². The topological polar surface area (TPSA) is 101 Å².